The number of nitro benzene ring substituents is 2. The summed E-state index contributed by atoms with van der Waals surface area (Å²) in [5.74, 6) is 0. The summed E-state index contributed by atoms with van der Waals surface area (Å²) in [7, 11) is -4.13. The predicted octanol–water partition coefficient (Wildman–Crippen LogP) is 6.22. The van der Waals surface area contributed by atoms with Crippen LogP contribution in [0.3, 0.4) is 0 Å². The zero-order valence-electron chi connectivity index (χ0n) is 24.6. The standard InChI is InChI=1S/C31H27N7O6S3/c39-37(40)24-11-12-26(30(19-24)47(43,44)36-16-14-35(15-17-36)21-22-6-2-1-3-7-22)34-32-20-23-10-13-29(27(18-23)38(41)42)46-31-33-25-8-4-5-9-28(25)45-31/h1-13,18-20,34H,14-17,21H2/b32-20-. The van der Waals surface area contributed by atoms with Gasteiger partial charge < -0.3 is 0 Å². The van der Waals surface area contributed by atoms with Gasteiger partial charge in [0, 0.05) is 56.5 Å². The summed E-state index contributed by atoms with van der Waals surface area (Å²) in [6.45, 7) is 2.11. The van der Waals surface area contributed by atoms with Crippen molar-refractivity contribution in [1.29, 1.82) is 0 Å². The van der Waals surface area contributed by atoms with Crippen LogP contribution in [0.5, 0.6) is 0 Å². The fourth-order valence-corrected chi connectivity index (χ4v) is 8.74. The normalized spacial score (nSPS) is 14.5. The summed E-state index contributed by atoms with van der Waals surface area (Å²) in [5.41, 5.74) is 4.53. The van der Waals surface area contributed by atoms with Gasteiger partial charge in [-0.15, -0.1) is 11.3 Å². The molecule has 0 radical (unpaired) electrons. The molecule has 0 atom stereocenters. The first-order valence-electron chi connectivity index (χ1n) is 14.3. The van der Waals surface area contributed by atoms with Gasteiger partial charge in [-0.05, 0) is 29.8 Å². The van der Waals surface area contributed by atoms with E-state index in [4.69, 9.17) is 0 Å². The second kappa shape index (κ2) is 13.9. The van der Waals surface area contributed by atoms with E-state index < -0.39 is 19.9 Å². The maximum Gasteiger partial charge on any atom is 0.283 e. The molecule has 1 N–H and O–H groups in total. The average Bonchev–Trinajstić information content (AvgIpc) is 3.48. The van der Waals surface area contributed by atoms with Crippen molar-refractivity contribution in [1.82, 2.24) is 14.2 Å². The van der Waals surface area contributed by atoms with Gasteiger partial charge in [0.1, 0.15) is 4.90 Å². The molecule has 4 aromatic carbocycles. The summed E-state index contributed by atoms with van der Waals surface area (Å²) in [6, 6.07) is 25.6. The number of piperazine rings is 1. The van der Waals surface area contributed by atoms with E-state index in [1.165, 1.54) is 51.8 Å². The molecule has 0 saturated carbocycles. The number of hydrogen-bond donors (Lipinski definition) is 1. The smallest absolute Gasteiger partial charge is 0.283 e. The molecule has 1 fully saturated rings. The summed E-state index contributed by atoms with van der Waals surface area (Å²) in [6.07, 6.45) is 1.32. The number of fused-ring (bicyclic) bond motifs is 1. The SMILES string of the molecule is O=[N+]([O-])c1ccc(N/N=C\c2ccc(Sc3nc4ccccc4s3)c([N+](=O)[O-])c2)c(S(=O)(=O)N2CCN(Cc3ccccc3)CC2)c1. The van der Waals surface area contributed by atoms with E-state index in [0.29, 0.717) is 34.4 Å². The van der Waals surface area contributed by atoms with Gasteiger partial charge >= 0.3 is 0 Å². The monoisotopic (exact) mass is 689 g/mol. The van der Waals surface area contributed by atoms with Gasteiger partial charge in [0.2, 0.25) is 10.0 Å². The Balaban J connectivity index is 1.18. The lowest BCUT2D eigenvalue weighted by Gasteiger charge is -2.34. The lowest BCUT2D eigenvalue weighted by molar-refractivity contribution is -0.387. The molecule has 0 unspecified atom stereocenters. The molecule has 47 heavy (non-hydrogen) atoms. The van der Waals surface area contributed by atoms with Crippen LogP contribution in [-0.4, -0.2) is 64.8 Å². The highest BCUT2D eigenvalue weighted by atomic mass is 32.2. The molecule has 0 bridgehead atoms. The predicted molar refractivity (Wildman–Crippen MR) is 182 cm³/mol. The highest BCUT2D eigenvalue weighted by Gasteiger charge is 2.32. The molecule has 0 spiro atoms. The first kappa shape index (κ1) is 32.2. The molecule has 1 saturated heterocycles. The van der Waals surface area contributed by atoms with Crippen LogP contribution in [-0.2, 0) is 16.6 Å². The molecule has 0 aliphatic carbocycles. The Morgan fingerprint density at radius 3 is 2.38 bits per heavy atom. The Bertz CT molecular complexity index is 2050. The van der Waals surface area contributed by atoms with E-state index in [0.717, 1.165) is 21.8 Å². The number of nitrogens with zero attached hydrogens (tertiary/aromatic N) is 6. The van der Waals surface area contributed by atoms with Gasteiger partial charge in [-0.2, -0.15) is 9.41 Å². The van der Waals surface area contributed by atoms with Crippen molar-refractivity contribution in [2.75, 3.05) is 31.6 Å². The van der Waals surface area contributed by atoms with Crippen LogP contribution in [0.2, 0.25) is 0 Å². The van der Waals surface area contributed by atoms with Crippen molar-refractivity contribution in [2.24, 2.45) is 5.10 Å². The van der Waals surface area contributed by atoms with E-state index in [1.54, 1.807) is 12.1 Å². The Kier molecular flexibility index (Phi) is 9.55. The fourth-order valence-electron chi connectivity index (χ4n) is 5.05. The zero-order chi connectivity index (χ0) is 33.0. The minimum atomic E-state index is -4.13. The molecule has 6 rings (SSSR count). The van der Waals surface area contributed by atoms with Crippen molar-refractivity contribution in [3.05, 3.63) is 122 Å². The number of nitro groups is 2. The summed E-state index contributed by atoms with van der Waals surface area (Å²) in [5, 5.41) is 27.6. The van der Waals surface area contributed by atoms with E-state index in [2.05, 4.69) is 20.4 Å². The van der Waals surface area contributed by atoms with Crippen molar-refractivity contribution in [3.8, 4) is 0 Å². The second-order valence-corrected chi connectivity index (χ2v) is 14.7. The first-order chi connectivity index (χ1) is 22.7. The zero-order valence-corrected chi connectivity index (χ0v) is 27.1. The molecule has 240 valence electrons. The minimum absolute atomic E-state index is 0.0380. The number of sulfonamides is 1. The lowest BCUT2D eigenvalue weighted by Crippen LogP contribution is -2.48. The van der Waals surface area contributed by atoms with Gasteiger partial charge in [-0.3, -0.25) is 30.6 Å². The number of thiazole rings is 1. The van der Waals surface area contributed by atoms with Crippen molar-refractivity contribution in [3.63, 3.8) is 0 Å². The fraction of sp³-hybridized carbons (Fsp3) is 0.161. The van der Waals surface area contributed by atoms with E-state index in [9.17, 15) is 28.6 Å². The average molecular weight is 690 g/mol. The van der Waals surface area contributed by atoms with Crippen molar-refractivity contribution >= 4 is 66.6 Å². The van der Waals surface area contributed by atoms with Crippen LogP contribution in [0.1, 0.15) is 11.1 Å². The highest BCUT2D eigenvalue weighted by Crippen LogP contribution is 2.39. The topological polar surface area (TPSA) is 164 Å². The molecule has 1 aliphatic heterocycles. The molecule has 1 aromatic heterocycles. The maximum absolute atomic E-state index is 13.8. The van der Waals surface area contributed by atoms with E-state index in [-0.39, 0.29) is 35.0 Å². The van der Waals surface area contributed by atoms with Gasteiger partial charge in [0.25, 0.3) is 11.4 Å². The van der Waals surface area contributed by atoms with Crippen LogP contribution in [0, 0.1) is 20.2 Å². The van der Waals surface area contributed by atoms with Crippen LogP contribution in [0.4, 0.5) is 17.1 Å². The Labute approximate surface area is 277 Å². The van der Waals surface area contributed by atoms with Gasteiger partial charge in [0.05, 0.1) is 36.9 Å². The number of hydrogen-bond acceptors (Lipinski definition) is 12. The van der Waals surface area contributed by atoms with E-state index in [1.807, 2.05) is 54.6 Å². The largest absolute Gasteiger partial charge is 0.296 e. The molecule has 2 heterocycles. The second-order valence-electron chi connectivity index (χ2n) is 10.5. The summed E-state index contributed by atoms with van der Waals surface area (Å²) < 4.78 is 30.5. The number of aromatic nitrogens is 1. The molecule has 16 heteroatoms. The van der Waals surface area contributed by atoms with Crippen LogP contribution in [0.25, 0.3) is 10.2 Å². The summed E-state index contributed by atoms with van der Waals surface area (Å²) >= 11 is 2.64. The number of nitrogens with one attached hydrogen (secondary N) is 1. The van der Waals surface area contributed by atoms with Crippen LogP contribution in [0.15, 0.2) is 110 Å². The third-order valence-corrected chi connectivity index (χ3v) is 11.5. The number of para-hydroxylation sites is 1. The third-order valence-electron chi connectivity index (χ3n) is 7.42. The molecule has 13 nitrogen and oxygen atoms in total. The Morgan fingerprint density at radius 1 is 0.915 bits per heavy atom. The highest BCUT2D eigenvalue weighted by molar-refractivity contribution is 8.01. The number of rotatable bonds is 11. The maximum atomic E-state index is 13.8. The Morgan fingerprint density at radius 2 is 1.66 bits per heavy atom. The Hall–Kier alpha value is -4.74. The van der Waals surface area contributed by atoms with Crippen molar-refractivity contribution < 1.29 is 18.3 Å². The van der Waals surface area contributed by atoms with Gasteiger partial charge in [-0.1, -0.05) is 60.3 Å². The van der Waals surface area contributed by atoms with Crippen LogP contribution >= 0.6 is 23.1 Å². The van der Waals surface area contributed by atoms with Crippen molar-refractivity contribution in [2.45, 2.75) is 20.7 Å². The molecular formula is C31H27N7O6S3. The lowest BCUT2D eigenvalue weighted by atomic mass is 10.2. The molecule has 1 aliphatic rings. The van der Waals surface area contributed by atoms with Gasteiger partial charge in [-0.25, -0.2) is 13.4 Å². The number of non-ortho nitro benzene ring substituents is 1. The number of anilines is 1. The minimum Gasteiger partial charge on any atom is -0.296 e. The molecule has 5 aromatic rings. The van der Waals surface area contributed by atoms with Crippen LogP contribution < -0.4 is 5.43 Å². The first-order valence-corrected chi connectivity index (χ1v) is 17.4. The van der Waals surface area contributed by atoms with Gasteiger partial charge in [0.15, 0.2) is 4.34 Å². The third kappa shape index (κ3) is 7.47. The quantitative estimate of drug-likeness (QED) is 0.0957. The molecular weight excluding hydrogens is 663 g/mol. The number of benzene rings is 4. The van der Waals surface area contributed by atoms with E-state index >= 15 is 0 Å². The number of hydrazone groups is 1. The summed E-state index contributed by atoms with van der Waals surface area (Å²) in [4.78, 5) is 29.1. The molecule has 0 amide bonds.